The quantitative estimate of drug-likeness (QED) is 0.430. The normalized spacial score (nSPS) is 16.3. The highest BCUT2D eigenvalue weighted by Gasteiger charge is 2.30. The SMILES string of the molecule is N=Cc1cc(C(=O)NCc2ccc(S(=O)N3CCC(NCC(F)(F)F)CC3)cc2)cnc1N. The Morgan fingerprint density at radius 2 is 1.94 bits per heavy atom. The summed E-state index contributed by atoms with van der Waals surface area (Å²) < 4.78 is 51.6. The zero-order valence-electron chi connectivity index (χ0n) is 17.7. The van der Waals surface area contributed by atoms with Gasteiger partial charge in [-0.1, -0.05) is 12.1 Å². The lowest BCUT2D eigenvalue weighted by molar-refractivity contribution is -0.126. The lowest BCUT2D eigenvalue weighted by Gasteiger charge is -2.31. The molecule has 1 unspecified atom stereocenters. The van der Waals surface area contributed by atoms with Gasteiger partial charge in [0.2, 0.25) is 0 Å². The smallest absolute Gasteiger partial charge is 0.383 e. The molecule has 12 heteroatoms. The Morgan fingerprint density at radius 1 is 1.27 bits per heavy atom. The highest BCUT2D eigenvalue weighted by molar-refractivity contribution is 7.82. The molecule has 1 fully saturated rings. The standard InChI is InChI=1S/C21H25F3N6O2S/c22-21(23,24)13-29-17-5-7-30(8-6-17)33(32)18-3-1-14(2-4-18)11-28-20(31)16-9-15(10-25)19(26)27-12-16/h1-4,9-10,12,17,25,29H,5-8,11,13H2,(H2,26,27)(H,28,31). The number of carbonyl (C=O) groups is 1. The molecule has 2 aromatic rings. The van der Waals surface area contributed by atoms with E-state index in [-0.39, 0.29) is 29.9 Å². The first kappa shape index (κ1) is 24.8. The van der Waals surface area contributed by atoms with E-state index in [2.05, 4.69) is 15.6 Å². The number of benzene rings is 1. The van der Waals surface area contributed by atoms with Gasteiger partial charge in [-0.05, 0) is 36.6 Å². The van der Waals surface area contributed by atoms with Gasteiger partial charge in [0.15, 0.2) is 0 Å². The number of amides is 1. The maximum Gasteiger partial charge on any atom is 0.401 e. The van der Waals surface area contributed by atoms with E-state index >= 15 is 0 Å². The van der Waals surface area contributed by atoms with E-state index in [9.17, 15) is 22.2 Å². The lowest BCUT2D eigenvalue weighted by atomic mass is 10.1. The van der Waals surface area contributed by atoms with Crippen LogP contribution >= 0.6 is 0 Å². The first-order valence-corrected chi connectivity index (χ1v) is 11.4. The van der Waals surface area contributed by atoms with Crippen molar-refractivity contribution < 1.29 is 22.2 Å². The monoisotopic (exact) mass is 482 g/mol. The molecule has 0 spiro atoms. The molecule has 1 aliphatic heterocycles. The van der Waals surface area contributed by atoms with E-state index in [4.69, 9.17) is 11.1 Å². The van der Waals surface area contributed by atoms with Crippen LogP contribution < -0.4 is 16.4 Å². The molecule has 2 heterocycles. The third kappa shape index (κ3) is 7.07. The van der Waals surface area contributed by atoms with Gasteiger partial charge in [-0.25, -0.2) is 13.5 Å². The Morgan fingerprint density at radius 3 is 2.55 bits per heavy atom. The zero-order chi connectivity index (χ0) is 24.0. The van der Waals surface area contributed by atoms with E-state index in [1.165, 1.54) is 12.3 Å². The van der Waals surface area contributed by atoms with Gasteiger partial charge in [-0.2, -0.15) is 13.2 Å². The van der Waals surface area contributed by atoms with E-state index in [0.29, 0.717) is 36.4 Å². The fraction of sp³-hybridized carbons (Fsp3) is 0.381. The average Bonchev–Trinajstić information content (AvgIpc) is 2.81. The van der Waals surface area contributed by atoms with Gasteiger partial charge in [0.1, 0.15) is 16.8 Å². The molecular formula is C21H25F3N6O2S. The van der Waals surface area contributed by atoms with Crippen LogP contribution in [0.3, 0.4) is 0 Å². The molecule has 1 aromatic heterocycles. The summed E-state index contributed by atoms with van der Waals surface area (Å²) in [5.41, 5.74) is 7.07. The second-order valence-corrected chi connectivity index (χ2v) is 9.10. The Balaban J connectivity index is 1.49. The lowest BCUT2D eigenvalue weighted by Crippen LogP contribution is -2.45. The van der Waals surface area contributed by atoms with Crippen LogP contribution in [-0.2, 0) is 17.5 Å². The second kappa shape index (κ2) is 10.9. The Kier molecular flexibility index (Phi) is 8.16. The van der Waals surface area contributed by atoms with Crippen LogP contribution in [0.25, 0.3) is 0 Å². The number of carbonyl (C=O) groups excluding carboxylic acids is 1. The van der Waals surface area contributed by atoms with Crippen LogP contribution in [0, 0.1) is 5.41 Å². The van der Waals surface area contributed by atoms with Crippen LogP contribution in [0.2, 0.25) is 0 Å². The predicted molar refractivity (Wildman–Crippen MR) is 119 cm³/mol. The maximum atomic E-state index is 12.8. The van der Waals surface area contributed by atoms with Gasteiger partial charge >= 0.3 is 6.18 Å². The van der Waals surface area contributed by atoms with Gasteiger partial charge in [0, 0.05) is 43.7 Å². The molecule has 178 valence electrons. The van der Waals surface area contributed by atoms with Crippen LogP contribution in [-0.4, -0.2) is 57.5 Å². The number of hydrogen-bond donors (Lipinski definition) is 4. The van der Waals surface area contributed by atoms with Crippen LogP contribution in [0.4, 0.5) is 19.0 Å². The van der Waals surface area contributed by atoms with E-state index in [0.717, 1.165) is 11.8 Å². The molecule has 1 aromatic carbocycles. The van der Waals surface area contributed by atoms with E-state index < -0.39 is 23.7 Å². The zero-order valence-corrected chi connectivity index (χ0v) is 18.5. The molecule has 0 aliphatic carbocycles. The van der Waals surface area contributed by atoms with E-state index in [1.54, 1.807) is 28.6 Å². The Labute approximate surface area is 191 Å². The van der Waals surface area contributed by atoms with Crippen LogP contribution in [0.1, 0.15) is 34.3 Å². The summed E-state index contributed by atoms with van der Waals surface area (Å²) in [7, 11) is -1.41. The molecular weight excluding hydrogens is 457 g/mol. The van der Waals surface area contributed by atoms with Gasteiger partial charge < -0.3 is 21.8 Å². The largest absolute Gasteiger partial charge is 0.401 e. The van der Waals surface area contributed by atoms with Gasteiger partial charge in [-0.15, -0.1) is 0 Å². The molecule has 0 radical (unpaired) electrons. The van der Waals surface area contributed by atoms with Crippen molar-refractivity contribution in [1.29, 1.82) is 5.41 Å². The number of halogens is 3. The number of nitrogens with zero attached hydrogens (tertiary/aromatic N) is 2. The second-order valence-electron chi connectivity index (χ2n) is 7.62. The van der Waals surface area contributed by atoms with Crippen molar-refractivity contribution in [2.45, 2.75) is 36.5 Å². The number of nitrogen functional groups attached to an aromatic ring is 1. The Bertz CT molecular complexity index is 1010. The molecule has 33 heavy (non-hydrogen) atoms. The minimum absolute atomic E-state index is 0.173. The van der Waals surface area contributed by atoms with Crippen LogP contribution in [0.5, 0.6) is 0 Å². The number of aromatic nitrogens is 1. The summed E-state index contributed by atoms with van der Waals surface area (Å²) in [6.45, 7) is 0.102. The van der Waals surface area contributed by atoms with Crippen molar-refractivity contribution in [3.05, 3.63) is 53.2 Å². The topological polar surface area (TPSA) is 124 Å². The summed E-state index contributed by atoms with van der Waals surface area (Å²) >= 11 is 0. The van der Waals surface area contributed by atoms with Gasteiger partial charge in [0.25, 0.3) is 5.91 Å². The minimum Gasteiger partial charge on any atom is -0.383 e. The number of piperidine rings is 1. The molecule has 3 rings (SSSR count). The number of alkyl halides is 3. The van der Waals surface area contributed by atoms with Crippen molar-refractivity contribution >= 4 is 28.9 Å². The molecule has 8 nitrogen and oxygen atoms in total. The van der Waals surface area contributed by atoms with Crippen molar-refractivity contribution in [3.63, 3.8) is 0 Å². The highest BCUT2D eigenvalue weighted by atomic mass is 32.2. The number of nitrogens with two attached hydrogens (primary N) is 1. The number of nitrogens with one attached hydrogen (secondary N) is 3. The van der Waals surface area contributed by atoms with Crippen molar-refractivity contribution in [1.82, 2.24) is 19.9 Å². The average molecular weight is 483 g/mol. The van der Waals surface area contributed by atoms with Gasteiger partial charge in [-0.3, -0.25) is 4.79 Å². The Hall–Kier alpha value is -2.83. The molecule has 1 atom stereocenters. The molecule has 1 amide bonds. The number of anilines is 1. The molecule has 0 bridgehead atoms. The summed E-state index contributed by atoms with van der Waals surface area (Å²) in [6, 6.07) is 8.19. The minimum atomic E-state index is -4.24. The molecule has 0 saturated carbocycles. The first-order valence-electron chi connectivity index (χ1n) is 10.3. The van der Waals surface area contributed by atoms with Crippen molar-refractivity contribution in [3.8, 4) is 0 Å². The molecule has 5 N–H and O–H groups in total. The van der Waals surface area contributed by atoms with Crippen molar-refractivity contribution in [2.24, 2.45) is 0 Å². The number of rotatable bonds is 8. The molecule has 1 saturated heterocycles. The van der Waals surface area contributed by atoms with Crippen molar-refractivity contribution in [2.75, 3.05) is 25.4 Å². The van der Waals surface area contributed by atoms with Crippen LogP contribution in [0.15, 0.2) is 41.4 Å². The maximum absolute atomic E-state index is 12.8. The van der Waals surface area contributed by atoms with E-state index in [1.807, 2.05) is 0 Å². The number of hydrogen-bond acceptors (Lipinski definition) is 6. The summed E-state index contributed by atoms with van der Waals surface area (Å²) in [4.78, 5) is 16.8. The summed E-state index contributed by atoms with van der Waals surface area (Å²) in [5, 5.41) is 12.6. The predicted octanol–water partition coefficient (Wildman–Crippen LogP) is 2.23. The van der Waals surface area contributed by atoms with Gasteiger partial charge in [0.05, 0.1) is 17.0 Å². The fourth-order valence-electron chi connectivity index (χ4n) is 3.38. The number of pyridine rings is 1. The third-order valence-electron chi connectivity index (χ3n) is 5.22. The first-order chi connectivity index (χ1) is 15.7. The third-order valence-corrected chi connectivity index (χ3v) is 6.73. The molecule has 1 aliphatic rings. The summed E-state index contributed by atoms with van der Waals surface area (Å²) in [5.74, 6) is -0.188. The fourth-order valence-corrected chi connectivity index (χ4v) is 4.58. The summed E-state index contributed by atoms with van der Waals surface area (Å²) in [6.07, 6.45) is -0.890. The highest BCUT2D eigenvalue weighted by Crippen LogP contribution is 2.20.